The number of rotatable bonds is 8. The molecular weight excluding hydrogens is 386 g/mol. The van der Waals surface area contributed by atoms with Crippen LogP contribution in [0, 0.1) is 0 Å². The molecule has 1 amide bonds. The van der Waals surface area contributed by atoms with Crippen molar-refractivity contribution in [2.45, 2.75) is 38.4 Å². The fraction of sp³-hybridized carbons (Fsp3) is 0.571. The zero-order valence-corrected chi connectivity index (χ0v) is 17.8. The van der Waals surface area contributed by atoms with Crippen LogP contribution in [-0.4, -0.2) is 78.3 Å². The molecular formula is C21H29N5O4. The van der Waals surface area contributed by atoms with E-state index >= 15 is 0 Å². The first-order chi connectivity index (χ1) is 14.6. The highest BCUT2D eigenvalue weighted by molar-refractivity contribution is 5.81. The number of methoxy groups -OCH3 is 2. The van der Waals surface area contributed by atoms with Gasteiger partial charge in [0.2, 0.25) is 17.6 Å². The van der Waals surface area contributed by atoms with Crippen LogP contribution >= 0.6 is 0 Å². The second kappa shape index (κ2) is 9.01. The number of nitrogens with zero attached hydrogens (tertiary/aromatic N) is 4. The predicted octanol–water partition coefficient (Wildman–Crippen LogP) is 1.54. The summed E-state index contributed by atoms with van der Waals surface area (Å²) in [6.07, 6.45) is 2.23. The van der Waals surface area contributed by atoms with Crippen LogP contribution in [0.25, 0.3) is 11.4 Å². The number of ether oxygens (including phenoxy) is 2. The van der Waals surface area contributed by atoms with Crippen LogP contribution in [0.4, 0.5) is 0 Å². The van der Waals surface area contributed by atoms with Crippen molar-refractivity contribution in [3.63, 3.8) is 0 Å². The van der Waals surface area contributed by atoms with Crippen molar-refractivity contribution in [2.75, 3.05) is 40.4 Å². The molecule has 1 aromatic carbocycles. The number of carbonyl (C=O) groups is 1. The van der Waals surface area contributed by atoms with Crippen LogP contribution in [0.15, 0.2) is 22.7 Å². The Labute approximate surface area is 176 Å². The van der Waals surface area contributed by atoms with E-state index in [0.29, 0.717) is 35.8 Å². The molecule has 2 aromatic rings. The lowest BCUT2D eigenvalue weighted by atomic mass is 10.2. The third-order valence-corrected chi connectivity index (χ3v) is 5.73. The predicted molar refractivity (Wildman–Crippen MR) is 110 cm³/mol. The number of amides is 1. The van der Waals surface area contributed by atoms with E-state index in [1.54, 1.807) is 14.2 Å². The van der Waals surface area contributed by atoms with E-state index < -0.39 is 0 Å². The van der Waals surface area contributed by atoms with Gasteiger partial charge in [0.1, 0.15) is 0 Å². The molecule has 1 saturated carbocycles. The largest absolute Gasteiger partial charge is 0.493 e. The zero-order chi connectivity index (χ0) is 21.1. The summed E-state index contributed by atoms with van der Waals surface area (Å²) in [4.78, 5) is 21.3. The van der Waals surface area contributed by atoms with Gasteiger partial charge >= 0.3 is 0 Å². The summed E-state index contributed by atoms with van der Waals surface area (Å²) in [7, 11) is 3.20. The molecule has 2 heterocycles. The third kappa shape index (κ3) is 4.73. The highest BCUT2D eigenvalue weighted by Gasteiger charge is 2.30. The molecule has 9 nitrogen and oxygen atoms in total. The molecule has 2 aliphatic rings. The quantitative estimate of drug-likeness (QED) is 0.694. The van der Waals surface area contributed by atoms with Crippen molar-refractivity contribution in [3.8, 4) is 22.9 Å². The van der Waals surface area contributed by atoms with E-state index in [9.17, 15) is 4.79 Å². The van der Waals surface area contributed by atoms with Gasteiger partial charge in [-0.2, -0.15) is 4.98 Å². The zero-order valence-electron chi connectivity index (χ0n) is 17.8. The smallest absolute Gasteiger partial charge is 0.241 e. The maximum atomic E-state index is 12.3. The minimum Gasteiger partial charge on any atom is -0.493 e. The van der Waals surface area contributed by atoms with E-state index in [4.69, 9.17) is 14.0 Å². The average molecular weight is 415 g/mol. The molecule has 162 valence electrons. The number of piperazine rings is 1. The van der Waals surface area contributed by atoms with Gasteiger partial charge < -0.3 is 19.3 Å². The van der Waals surface area contributed by atoms with E-state index in [1.165, 1.54) is 0 Å². The van der Waals surface area contributed by atoms with Crippen LogP contribution in [0.5, 0.6) is 11.5 Å². The second-order valence-corrected chi connectivity index (χ2v) is 7.85. The van der Waals surface area contributed by atoms with Gasteiger partial charge in [0.05, 0.1) is 26.8 Å². The van der Waals surface area contributed by atoms with Gasteiger partial charge in [-0.25, -0.2) is 0 Å². The molecule has 4 rings (SSSR count). The summed E-state index contributed by atoms with van der Waals surface area (Å²) in [6, 6.07) is 5.85. The SMILES string of the molecule is COc1ccc(-c2noc(CN3CCN(C(C)C(=O)NC4CC4)CC3)n2)cc1OC. The Hall–Kier alpha value is -2.65. The molecule has 1 N–H and O–H groups in total. The molecule has 1 unspecified atom stereocenters. The maximum absolute atomic E-state index is 12.3. The maximum Gasteiger partial charge on any atom is 0.241 e. The molecule has 1 aliphatic carbocycles. The van der Waals surface area contributed by atoms with Crippen LogP contribution in [0.2, 0.25) is 0 Å². The number of aromatic nitrogens is 2. The first kappa shape index (κ1) is 20.6. The Balaban J connectivity index is 1.31. The molecule has 30 heavy (non-hydrogen) atoms. The highest BCUT2D eigenvalue weighted by atomic mass is 16.5. The monoisotopic (exact) mass is 415 g/mol. The first-order valence-electron chi connectivity index (χ1n) is 10.4. The Bertz CT molecular complexity index is 874. The normalized spacial score (nSPS) is 18.8. The van der Waals surface area contributed by atoms with E-state index in [1.807, 2.05) is 25.1 Å². The minimum atomic E-state index is -0.0900. The topological polar surface area (TPSA) is 93.0 Å². The van der Waals surface area contributed by atoms with Crippen LogP contribution in [-0.2, 0) is 11.3 Å². The molecule has 1 aromatic heterocycles. The molecule has 0 radical (unpaired) electrons. The van der Waals surface area contributed by atoms with Gasteiger partial charge in [0.25, 0.3) is 0 Å². The molecule has 9 heteroatoms. The number of nitrogens with one attached hydrogen (secondary N) is 1. The summed E-state index contributed by atoms with van der Waals surface area (Å²) < 4.78 is 16.1. The fourth-order valence-corrected chi connectivity index (χ4v) is 3.63. The van der Waals surface area contributed by atoms with Crippen molar-refractivity contribution in [3.05, 3.63) is 24.1 Å². The van der Waals surface area contributed by atoms with Gasteiger partial charge in [-0.15, -0.1) is 0 Å². The van der Waals surface area contributed by atoms with E-state index in [0.717, 1.165) is 44.6 Å². The summed E-state index contributed by atoms with van der Waals surface area (Å²) in [5.74, 6) is 2.52. The van der Waals surface area contributed by atoms with Crippen LogP contribution in [0.1, 0.15) is 25.7 Å². The van der Waals surface area contributed by atoms with E-state index in [-0.39, 0.29) is 11.9 Å². The Kier molecular flexibility index (Phi) is 6.19. The number of hydrogen-bond donors (Lipinski definition) is 1. The van der Waals surface area contributed by atoms with Gasteiger partial charge in [-0.1, -0.05) is 5.16 Å². The van der Waals surface area contributed by atoms with E-state index in [2.05, 4.69) is 25.3 Å². The number of hydrogen-bond acceptors (Lipinski definition) is 8. The Morgan fingerprint density at radius 2 is 1.93 bits per heavy atom. The molecule has 2 fully saturated rings. The summed E-state index contributed by atoms with van der Waals surface area (Å²) in [5.41, 5.74) is 0.808. The van der Waals surface area contributed by atoms with Gasteiger partial charge in [0, 0.05) is 37.8 Å². The van der Waals surface area contributed by atoms with Crippen LogP contribution < -0.4 is 14.8 Å². The molecule has 0 bridgehead atoms. The standard InChI is InChI=1S/C21H29N5O4/c1-14(21(27)22-16-5-6-16)26-10-8-25(9-11-26)13-19-23-20(24-30-19)15-4-7-17(28-2)18(12-15)29-3/h4,7,12,14,16H,5-6,8-11,13H2,1-3H3,(H,22,27). The van der Waals surface area contributed by atoms with Crippen LogP contribution in [0.3, 0.4) is 0 Å². The van der Waals surface area contributed by atoms with Gasteiger partial charge in [-0.05, 0) is 38.0 Å². The number of benzene rings is 1. The Morgan fingerprint density at radius 3 is 2.60 bits per heavy atom. The van der Waals surface area contributed by atoms with Crippen molar-refractivity contribution in [1.29, 1.82) is 0 Å². The molecule has 0 spiro atoms. The fourth-order valence-electron chi connectivity index (χ4n) is 3.63. The Morgan fingerprint density at radius 1 is 1.20 bits per heavy atom. The van der Waals surface area contributed by atoms with Crippen molar-refractivity contribution in [1.82, 2.24) is 25.3 Å². The van der Waals surface area contributed by atoms with Gasteiger partial charge in [-0.3, -0.25) is 14.6 Å². The first-order valence-corrected chi connectivity index (χ1v) is 10.4. The summed E-state index contributed by atoms with van der Waals surface area (Å²) in [6.45, 7) is 5.98. The lowest BCUT2D eigenvalue weighted by molar-refractivity contribution is -0.126. The third-order valence-electron chi connectivity index (χ3n) is 5.73. The molecule has 1 atom stereocenters. The van der Waals surface area contributed by atoms with Crippen molar-refractivity contribution in [2.24, 2.45) is 0 Å². The lowest BCUT2D eigenvalue weighted by Gasteiger charge is -2.36. The second-order valence-electron chi connectivity index (χ2n) is 7.85. The van der Waals surface area contributed by atoms with Gasteiger partial charge in [0.15, 0.2) is 11.5 Å². The lowest BCUT2D eigenvalue weighted by Crippen LogP contribution is -2.53. The number of carbonyl (C=O) groups excluding carboxylic acids is 1. The minimum absolute atomic E-state index is 0.0900. The summed E-state index contributed by atoms with van der Waals surface area (Å²) >= 11 is 0. The highest BCUT2D eigenvalue weighted by Crippen LogP contribution is 2.31. The molecule has 1 saturated heterocycles. The molecule has 1 aliphatic heterocycles. The van der Waals surface area contributed by atoms with Crippen molar-refractivity contribution < 1.29 is 18.8 Å². The average Bonchev–Trinajstić information content (AvgIpc) is 3.47. The summed E-state index contributed by atoms with van der Waals surface area (Å²) in [5, 5.41) is 7.20. The van der Waals surface area contributed by atoms with Crippen molar-refractivity contribution >= 4 is 5.91 Å².